The zero-order chi connectivity index (χ0) is 13.3. The Balaban J connectivity index is 2.18. The fourth-order valence-corrected chi connectivity index (χ4v) is 1.82. The van der Waals surface area contributed by atoms with Crippen LogP contribution in [0, 0.1) is 0 Å². The van der Waals surface area contributed by atoms with Crippen LogP contribution in [-0.2, 0) is 15.7 Å². The van der Waals surface area contributed by atoms with Gasteiger partial charge in [-0.2, -0.15) is 13.2 Å². The van der Waals surface area contributed by atoms with Crippen molar-refractivity contribution in [3.8, 4) is 5.75 Å². The summed E-state index contributed by atoms with van der Waals surface area (Å²) in [5.41, 5.74) is -0.848. The SMILES string of the molecule is COC1C(=O)CC1Oc1ccccc1C(F)(F)F. The van der Waals surface area contributed by atoms with Crippen molar-refractivity contribution in [1.29, 1.82) is 0 Å². The first-order chi connectivity index (χ1) is 8.43. The molecule has 18 heavy (non-hydrogen) atoms. The molecule has 0 heterocycles. The lowest BCUT2D eigenvalue weighted by molar-refractivity contribution is -0.153. The van der Waals surface area contributed by atoms with E-state index in [4.69, 9.17) is 9.47 Å². The lowest BCUT2D eigenvalue weighted by atomic mass is 9.90. The van der Waals surface area contributed by atoms with Crippen LogP contribution in [0.2, 0.25) is 0 Å². The maximum atomic E-state index is 12.7. The zero-order valence-electron chi connectivity index (χ0n) is 9.53. The number of rotatable bonds is 3. The largest absolute Gasteiger partial charge is 0.486 e. The number of ketones is 1. The number of hydrogen-bond donors (Lipinski definition) is 0. The Morgan fingerprint density at radius 1 is 1.28 bits per heavy atom. The first kappa shape index (κ1) is 12.9. The Morgan fingerprint density at radius 2 is 1.94 bits per heavy atom. The van der Waals surface area contributed by atoms with Gasteiger partial charge in [-0.1, -0.05) is 12.1 Å². The van der Waals surface area contributed by atoms with Crippen molar-refractivity contribution >= 4 is 5.78 Å². The normalized spacial score (nSPS) is 23.7. The second kappa shape index (κ2) is 4.61. The Bertz CT molecular complexity index is 456. The molecule has 0 aliphatic heterocycles. The minimum absolute atomic E-state index is 0.0741. The van der Waals surface area contributed by atoms with Crippen LogP contribution in [0.4, 0.5) is 13.2 Å². The highest BCUT2D eigenvalue weighted by Gasteiger charge is 2.43. The predicted octanol–water partition coefficient (Wildman–Crippen LogP) is 2.44. The van der Waals surface area contributed by atoms with Gasteiger partial charge in [0.25, 0.3) is 0 Å². The van der Waals surface area contributed by atoms with E-state index in [2.05, 4.69) is 0 Å². The molecule has 1 fully saturated rings. The third kappa shape index (κ3) is 2.33. The summed E-state index contributed by atoms with van der Waals surface area (Å²) in [5, 5.41) is 0. The number of methoxy groups -OCH3 is 1. The minimum atomic E-state index is -4.48. The summed E-state index contributed by atoms with van der Waals surface area (Å²) >= 11 is 0. The van der Waals surface area contributed by atoms with E-state index in [1.807, 2.05) is 0 Å². The molecule has 2 atom stereocenters. The number of carbonyl (C=O) groups is 1. The fourth-order valence-electron chi connectivity index (χ4n) is 1.82. The van der Waals surface area contributed by atoms with Crippen molar-refractivity contribution in [3.05, 3.63) is 29.8 Å². The quantitative estimate of drug-likeness (QED) is 0.837. The second-order valence-corrected chi connectivity index (χ2v) is 3.98. The molecule has 0 N–H and O–H groups in total. The Kier molecular flexibility index (Phi) is 3.30. The number of benzene rings is 1. The summed E-state index contributed by atoms with van der Waals surface area (Å²) in [6.07, 6.45) is -5.82. The number of halogens is 3. The van der Waals surface area contributed by atoms with Crippen molar-refractivity contribution in [2.75, 3.05) is 7.11 Å². The third-order valence-electron chi connectivity index (χ3n) is 2.78. The van der Waals surface area contributed by atoms with Gasteiger partial charge < -0.3 is 9.47 Å². The van der Waals surface area contributed by atoms with Crippen molar-refractivity contribution in [3.63, 3.8) is 0 Å². The average Bonchev–Trinajstić information content (AvgIpc) is 2.28. The molecule has 1 aromatic rings. The van der Waals surface area contributed by atoms with E-state index in [0.717, 1.165) is 6.07 Å². The van der Waals surface area contributed by atoms with Crippen LogP contribution in [-0.4, -0.2) is 25.1 Å². The van der Waals surface area contributed by atoms with E-state index < -0.39 is 23.9 Å². The van der Waals surface area contributed by atoms with Crippen LogP contribution in [0.15, 0.2) is 24.3 Å². The molecule has 0 bridgehead atoms. The molecule has 6 heteroatoms. The first-order valence-corrected chi connectivity index (χ1v) is 5.32. The molecule has 1 aromatic carbocycles. The highest BCUT2D eigenvalue weighted by atomic mass is 19.4. The summed E-state index contributed by atoms with van der Waals surface area (Å²) in [6.45, 7) is 0. The maximum absolute atomic E-state index is 12.7. The van der Waals surface area contributed by atoms with Gasteiger partial charge in [-0.15, -0.1) is 0 Å². The van der Waals surface area contributed by atoms with Crippen LogP contribution in [0.3, 0.4) is 0 Å². The highest BCUT2D eigenvalue weighted by molar-refractivity contribution is 5.90. The molecule has 0 amide bonds. The third-order valence-corrected chi connectivity index (χ3v) is 2.78. The molecule has 0 aromatic heterocycles. The lowest BCUT2D eigenvalue weighted by Gasteiger charge is -2.34. The van der Waals surface area contributed by atoms with E-state index in [9.17, 15) is 18.0 Å². The van der Waals surface area contributed by atoms with E-state index in [0.29, 0.717) is 0 Å². The van der Waals surface area contributed by atoms with Crippen LogP contribution < -0.4 is 4.74 Å². The van der Waals surface area contributed by atoms with Gasteiger partial charge in [-0.3, -0.25) is 4.79 Å². The highest BCUT2D eigenvalue weighted by Crippen LogP contribution is 2.37. The van der Waals surface area contributed by atoms with Crippen molar-refractivity contribution < 1.29 is 27.4 Å². The van der Waals surface area contributed by atoms with Gasteiger partial charge in [0.1, 0.15) is 11.9 Å². The summed E-state index contributed by atoms with van der Waals surface area (Å²) < 4.78 is 48.2. The minimum Gasteiger partial charge on any atom is -0.486 e. The van der Waals surface area contributed by atoms with Gasteiger partial charge >= 0.3 is 6.18 Å². The molecule has 2 rings (SSSR count). The topological polar surface area (TPSA) is 35.5 Å². The molecule has 0 saturated heterocycles. The summed E-state index contributed by atoms with van der Waals surface area (Å²) in [5.74, 6) is -0.434. The summed E-state index contributed by atoms with van der Waals surface area (Å²) in [6, 6.07) is 4.91. The van der Waals surface area contributed by atoms with Crippen molar-refractivity contribution in [1.82, 2.24) is 0 Å². The molecule has 2 unspecified atom stereocenters. The molecule has 98 valence electrons. The number of ether oxygens (including phenoxy) is 2. The van der Waals surface area contributed by atoms with Crippen LogP contribution in [0.1, 0.15) is 12.0 Å². The van der Waals surface area contributed by atoms with Gasteiger partial charge in [0.15, 0.2) is 11.9 Å². The first-order valence-electron chi connectivity index (χ1n) is 5.32. The van der Waals surface area contributed by atoms with E-state index in [1.54, 1.807) is 0 Å². The van der Waals surface area contributed by atoms with Crippen LogP contribution >= 0.6 is 0 Å². The molecule has 3 nitrogen and oxygen atoms in total. The van der Waals surface area contributed by atoms with Gasteiger partial charge in [0.05, 0.1) is 5.56 Å². The maximum Gasteiger partial charge on any atom is 0.419 e. The monoisotopic (exact) mass is 260 g/mol. The molecule has 1 saturated carbocycles. The van der Waals surface area contributed by atoms with Crippen molar-refractivity contribution in [2.24, 2.45) is 0 Å². The number of hydrogen-bond acceptors (Lipinski definition) is 3. The van der Waals surface area contributed by atoms with Crippen molar-refractivity contribution in [2.45, 2.75) is 24.8 Å². The number of para-hydroxylation sites is 1. The molecule has 0 radical (unpaired) electrons. The molecule has 1 aliphatic carbocycles. The van der Waals surface area contributed by atoms with E-state index >= 15 is 0 Å². The number of alkyl halides is 3. The van der Waals surface area contributed by atoms with Crippen LogP contribution in [0.25, 0.3) is 0 Å². The predicted molar refractivity (Wildman–Crippen MR) is 56.3 cm³/mol. The standard InChI is InChI=1S/C12H11F3O3/c1-17-11-8(16)6-10(11)18-9-5-3-2-4-7(9)12(13,14)15/h2-5,10-11H,6H2,1H3. The molecular weight excluding hydrogens is 249 g/mol. The molecule has 1 aliphatic rings. The van der Waals surface area contributed by atoms with Gasteiger partial charge in [-0.05, 0) is 12.1 Å². The van der Waals surface area contributed by atoms with Gasteiger partial charge in [0.2, 0.25) is 0 Å². The average molecular weight is 260 g/mol. The fraction of sp³-hybridized carbons (Fsp3) is 0.417. The Morgan fingerprint density at radius 3 is 2.50 bits per heavy atom. The number of carbonyl (C=O) groups excluding carboxylic acids is 1. The molecule has 0 spiro atoms. The molecular formula is C12H11F3O3. The number of Topliss-reactive ketones (excluding diaryl/α,β-unsaturated/α-hetero) is 1. The smallest absolute Gasteiger partial charge is 0.419 e. The van der Waals surface area contributed by atoms with Gasteiger partial charge in [-0.25, -0.2) is 0 Å². The van der Waals surface area contributed by atoms with E-state index in [-0.39, 0.29) is 18.0 Å². The zero-order valence-corrected chi connectivity index (χ0v) is 9.53. The summed E-state index contributed by atoms with van der Waals surface area (Å²) in [7, 11) is 1.33. The van der Waals surface area contributed by atoms with Gasteiger partial charge in [0, 0.05) is 13.5 Å². The Hall–Kier alpha value is -1.56. The lowest BCUT2D eigenvalue weighted by Crippen LogP contribution is -2.51. The van der Waals surface area contributed by atoms with Crippen LogP contribution in [0.5, 0.6) is 5.75 Å². The second-order valence-electron chi connectivity index (χ2n) is 3.98. The Labute approximate surface area is 102 Å². The summed E-state index contributed by atoms with van der Waals surface area (Å²) in [4.78, 5) is 11.1. The van der Waals surface area contributed by atoms with E-state index in [1.165, 1.54) is 25.3 Å².